The maximum atomic E-state index is 12.8. The molecule has 2 aromatic carbocycles. The Kier molecular flexibility index (Phi) is 9.44. The molecule has 0 spiro atoms. The normalized spacial score (nSPS) is 10.5. The zero-order chi connectivity index (χ0) is 23.7. The van der Waals surface area contributed by atoms with Gasteiger partial charge >= 0.3 is 0 Å². The molecule has 2 rings (SSSR count). The molecule has 2 aromatic rings. The predicted molar refractivity (Wildman–Crippen MR) is 129 cm³/mol. The van der Waals surface area contributed by atoms with Gasteiger partial charge in [0, 0.05) is 45.2 Å². The van der Waals surface area contributed by atoms with Crippen LogP contribution in [0.25, 0.3) is 0 Å². The Morgan fingerprint density at radius 1 is 0.875 bits per heavy atom. The first-order valence-electron chi connectivity index (χ1n) is 11.2. The van der Waals surface area contributed by atoms with Crippen LogP contribution in [0.15, 0.2) is 42.5 Å². The summed E-state index contributed by atoms with van der Waals surface area (Å²) >= 11 is 0. The van der Waals surface area contributed by atoms with Crippen LogP contribution in [0.2, 0.25) is 0 Å². The van der Waals surface area contributed by atoms with Gasteiger partial charge in [-0.25, -0.2) is 0 Å². The number of rotatable bonds is 10. The molecule has 3 amide bonds. The molecule has 0 aliphatic rings. The van der Waals surface area contributed by atoms with Crippen molar-refractivity contribution in [2.24, 2.45) is 0 Å². The first kappa shape index (κ1) is 25.1. The van der Waals surface area contributed by atoms with E-state index >= 15 is 0 Å². The molecule has 0 saturated heterocycles. The molecule has 0 fully saturated rings. The third kappa shape index (κ3) is 6.67. The van der Waals surface area contributed by atoms with Gasteiger partial charge in [-0.1, -0.05) is 31.0 Å². The van der Waals surface area contributed by atoms with E-state index in [1.54, 1.807) is 43.0 Å². The molecule has 0 unspecified atom stereocenters. The number of amides is 3. The van der Waals surface area contributed by atoms with Crippen LogP contribution in [0, 0.1) is 13.8 Å². The van der Waals surface area contributed by atoms with Crippen molar-refractivity contribution >= 4 is 29.1 Å². The molecule has 6 nitrogen and oxygen atoms in total. The Balaban J connectivity index is 1.99. The third-order valence-corrected chi connectivity index (χ3v) is 5.62. The summed E-state index contributed by atoms with van der Waals surface area (Å²) in [6, 6.07) is 13.2. The lowest BCUT2D eigenvalue weighted by molar-refractivity contribution is -0.120. The van der Waals surface area contributed by atoms with Gasteiger partial charge in [-0.15, -0.1) is 0 Å². The zero-order valence-corrected chi connectivity index (χ0v) is 19.9. The Morgan fingerprint density at radius 3 is 2.03 bits per heavy atom. The molecule has 0 radical (unpaired) electrons. The summed E-state index contributed by atoms with van der Waals surface area (Å²) in [5, 5.41) is 2.63. The molecule has 0 aliphatic heterocycles. The zero-order valence-electron chi connectivity index (χ0n) is 19.9. The van der Waals surface area contributed by atoms with Crippen molar-refractivity contribution in [3.8, 4) is 0 Å². The van der Waals surface area contributed by atoms with E-state index in [4.69, 9.17) is 0 Å². The maximum absolute atomic E-state index is 12.8. The van der Waals surface area contributed by atoms with Crippen LogP contribution in [0.1, 0.15) is 60.5 Å². The van der Waals surface area contributed by atoms with E-state index in [-0.39, 0.29) is 17.7 Å². The van der Waals surface area contributed by atoms with Crippen molar-refractivity contribution in [2.45, 2.75) is 52.9 Å². The summed E-state index contributed by atoms with van der Waals surface area (Å²) in [7, 11) is 3.45. The number of anilines is 2. The minimum absolute atomic E-state index is 0.0386. The van der Waals surface area contributed by atoms with Crippen molar-refractivity contribution in [1.29, 1.82) is 0 Å². The number of nitrogens with one attached hydrogen (secondary N) is 1. The summed E-state index contributed by atoms with van der Waals surface area (Å²) in [6.45, 7) is 6.20. The van der Waals surface area contributed by atoms with Gasteiger partial charge < -0.3 is 10.2 Å². The first-order chi connectivity index (χ1) is 15.3. The molecule has 0 aliphatic carbocycles. The Hall–Kier alpha value is -3.15. The highest BCUT2D eigenvalue weighted by Gasteiger charge is 2.19. The monoisotopic (exact) mass is 437 g/mol. The van der Waals surface area contributed by atoms with Crippen molar-refractivity contribution in [3.63, 3.8) is 0 Å². The van der Waals surface area contributed by atoms with Crippen LogP contribution in [0.4, 0.5) is 11.4 Å². The molecular weight excluding hydrogens is 402 g/mol. The van der Waals surface area contributed by atoms with E-state index in [1.165, 1.54) is 0 Å². The summed E-state index contributed by atoms with van der Waals surface area (Å²) in [4.78, 5) is 39.9. The number of benzene rings is 2. The van der Waals surface area contributed by atoms with E-state index in [9.17, 15) is 14.4 Å². The fourth-order valence-corrected chi connectivity index (χ4v) is 3.81. The molecule has 1 N–H and O–H groups in total. The molecule has 0 atom stereocenters. The average Bonchev–Trinajstić information content (AvgIpc) is 2.77. The SMILES string of the molecule is CNC(=O)CCCCCCN(C)C(=O)c1ccc(N(C(C)=O)c2c(C)cccc2C)cc1. The third-order valence-electron chi connectivity index (χ3n) is 5.62. The largest absolute Gasteiger partial charge is 0.359 e. The quantitative estimate of drug-likeness (QED) is 0.545. The number of nitrogens with zero attached hydrogens (tertiary/aromatic N) is 2. The first-order valence-corrected chi connectivity index (χ1v) is 11.2. The van der Waals surface area contributed by atoms with Gasteiger partial charge in [-0.05, 0) is 62.1 Å². The van der Waals surface area contributed by atoms with E-state index < -0.39 is 0 Å². The number of carbonyl (C=O) groups is 3. The Labute approximate surface area is 191 Å². The highest BCUT2D eigenvalue weighted by Crippen LogP contribution is 2.32. The maximum Gasteiger partial charge on any atom is 0.253 e. The standard InChI is InChI=1S/C26H35N3O3/c1-19-11-10-12-20(2)25(19)29(21(3)30)23-16-14-22(15-17-23)26(32)28(5)18-9-7-6-8-13-24(31)27-4/h10-12,14-17H,6-9,13,18H2,1-5H3,(H,27,31). The van der Waals surface area contributed by atoms with Crippen molar-refractivity contribution < 1.29 is 14.4 Å². The lowest BCUT2D eigenvalue weighted by atomic mass is 10.1. The molecular formula is C26H35N3O3. The van der Waals surface area contributed by atoms with Gasteiger partial charge in [-0.2, -0.15) is 0 Å². The highest BCUT2D eigenvalue weighted by atomic mass is 16.2. The van der Waals surface area contributed by atoms with Gasteiger partial charge in [0.15, 0.2) is 0 Å². The molecule has 6 heteroatoms. The van der Waals surface area contributed by atoms with Crippen LogP contribution < -0.4 is 10.2 Å². The van der Waals surface area contributed by atoms with Crippen LogP contribution >= 0.6 is 0 Å². The van der Waals surface area contributed by atoms with Gasteiger partial charge in [0.1, 0.15) is 0 Å². The van der Waals surface area contributed by atoms with E-state index in [1.807, 2.05) is 44.2 Å². The molecule has 0 bridgehead atoms. The molecule has 0 aromatic heterocycles. The van der Waals surface area contributed by atoms with Crippen molar-refractivity contribution in [2.75, 3.05) is 25.5 Å². The van der Waals surface area contributed by atoms with Crippen molar-refractivity contribution in [1.82, 2.24) is 10.2 Å². The minimum atomic E-state index is -0.0741. The summed E-state index contributed by atoms with van der Waals surface area (Å²) < 4.78 is 0. The molecule has 0 saturated carbocycles. The van der Waals surface area contributed by atoms with Crippen LogP contribution in [-0.4, -0.2) is 43.3 Å². The second kappa shape index (κ2) is 12.0. The number of para-hydroxylation sites is 1. The fourth-order valence-electron chi connectivity index (χ4n) is 3.81. The van der Waals surface area contributed by atoms with Gasteiger partial charge in [0.2, 0.25) is 11.8 Å². The van der Waals surface area contributed by atoms with Gasteiger partial charge in [0.25, 0.3) is 5.91 Å². The second-order valence-corrected chi connectivity index (χ2v) is 8.21. The minimum Gasteiger partial charge on any atom is -0.359 e. The number of carbonyl (C=O) groups excluding carboxylic acids is 3. The second-order valence-electron chi connectivity index (χ2n) is 8.21. The summed E-state index contributed by atoms with van der Waals surface area (Å²) in [5.74, 6) is -0.0416. The van der Waals surface area contributed by atoms with Crippen LogP contribution in [-0.2, 0) is 9.59 Å². The number of unbranched alkanes of at least 4 members (excludes halogenated alkanes) is 3. The number of aryl methyl sites for hydroxylation is 2. The lowest BCUT2D eigenvalue weighted by Gasteiger charge is -2.25. The smallest absolute Gasteiger partial charge is 0.253 e. The van der Waals surface area contributed by atoms with E-state index in [0.717, 1.165) is 48.2 Å². The van der Waals surface area contributed by atoms with E-state index in [0.29, 0.717) is 18.5 Å². The van der Waals surface area contributed by atoms with Crippen LogP contribution in [0.5, 0.6) is 0 Å². The van der Waals surface area contributed by atoms with Gasteiger partial charge in [-0.3, -0.25) is 19.3 Å². The molecule has 32 heavy (non-hydrogen) atoms. The molecule has 0 heterocycles. The lowest BCUT2D eigenvalue weighted by Crippen LogP contribution is -2.28. The average molecular weight is 438 g/mol. The van der Waals surface area contributed by atoms with Gasteiger partial charge in [0.05, 0.1) is 5.69 Å². The van der Waals surface area contributed by atoms with E-state index in [2.05, 4.69) is 5.32 Å². The Morgan fingerprint density at radius 2 is 1.47 bits per heavy atom. The highest BCUT2D eigenvalue weighted by molar-refractivity contribution is 6.01. The number of hydrogen-bond acceptors (Lipinski definition) is 3. The number of hydrogen-bond donors (Lipinski definition) is 1. The fraction of sp³-hybridized carbons (Fsp3) is 0.423. The van der Waals surface area contributed by atoms with Crippen LogP contribution in [0.3, 0.4) is 0 Å². The summed E-state index contributed by atoms with van der Waals surface area (Å²) in [5.41, 5.74) is 4.27. The topological polar surface area (TPSA) is 69.7 Å². The summed E-state index contributed by atoms with van der Waals surface area (Å²) in [6.07, 6.45) is 4.28. The van der Waals surface area contributed by atoms with Crippen molar-refractivity contribution in [3.05, 3.63) is 59.2 Å². The molecule has 172 valence electrons. The predicted octanol–water partition coefficient (Wildman–Crippen LogP) is 4.76. The Bertz CT molecular complexity index is 918.